The minimum atomic E-state index is -5.45. The van der Waals surface area contributed by atoms with Gasteiger partial charge in [-0.25, -0.2) is 4.57 Å². The van der Waals surface area contributed by atoms with E-state index >= 15 is 0 Å². The molecule has 1 aliphatic carbocycles. The van der Waals surface area contributed by atoms with Gasteiger partial charge in [-0.2, -0.15) is 0 Å². The molecule has 0 radical (unpaired) electrons. The van der Waals surface area contributed by atoms with Crippen LogP contribution in [0.1, 0.15) is 123 Å². The summed E-state index contributed by atoms with van der Waals surface area (Å²) in [4.78, 5) is 36.3. The number of cyclic esters (lactones) is 1. The summed E-state index contributed by atoms with van der Waals surface area (Å²) in [6.45, 7) is 2.70. The molecule has 9 N–H and O–H groups in total. The third-order valence-corrected chi connectivity index (χ3v) is 12.3. The molecule has 1 heterocycles. The second-order valence-electron chi connectivity index (χ2n) is 16.9. The molecule has 1 saturated carbocycles. The Kier molecular flexibility index (Phi) is 30.6. The lowest BCUT2D eigenvalue weighted by Crippen LogP contribution is -2.55. The molecular weight excluding hydrogens is 875 g/mol. The molecule has 17 heteroatoms. The number of carbonyl (C=O) groups excluding carboxylic acids is 2. The first-order chi connectivity index (χ1) is 31.6. The lowest BCUT2D eigenvalue weighted by Gasteiger charge is -2.37. The summed E-state index contributed by atoms with van der Waals surface area (Å²) < 4.78 is 34.3. The highest BCUT2D eigenvalue weighted by molar-refractivity contribution is 7.47. The molecule has 0 aromatic rings. The van der Waals surface area contributed by atoms with E-state index in [1.165, 1.54) is 43.6 Å². The Balaban J connectivity index is 2.09. The summed E-state index contributed by atoms with van der Waals surface area (Å²) in [5, 5.41) is 89.4. The van der Waals surface area contributed by atoms with E-state index < -0.39 is 112 Å². The first-order valence-corrected chi connectivity index (χ1v) is 25.1. The van der Waals surface area contributed by atoms with Crippen LogP contribution in [0.3, 0.4) is 0 Å². The Morgan fingerprint density at radius 2 is 1.33 bits per heavy atom. The number of phosphoric acid groups is 1. The van der Waals surface area contributed by atoms with Crippen LogP contribution in [0.15, 0.2) is 85.1 Å². The van der Waals surface area contributed by atoms with Gasteiger partial charge in [0.15, 0.2) is 6.10 Å². The van der Waals surface area contributed by atoms with Crippen molar-refractivity contribution in [1.82, 2.24) is 0 Å². The van der Waals surface area contributed by atoms with Crippen molar-refractivity contribution in [2.45, 2.75) is 184 Å². The van der Waals surface area contributed by atoms with Crippen LogP contribution in [0.2, 0.25) is 0 Å². The highest BCUT2D eigenvalue weighted by Gasteiger charge is 2.49. The Morgan fingerprint density at radius 3 is 1.95 bits per heavy atom. The normalized spacial score (nSPS) is 32.3. The van der Waals surface area contributed by atoms with Crippen molar-refractivity contribution in [3.8, 4) is 0 Å². The summed E-state index contributed by atoms with van der Waals surface area (Å²) in [6, 6.07) is 0. The first-order valence-electron chi connectivity index (χ1n) is 23.6. The molecule has 0 saturated heterocycles. The number of hydrogen-bond donors (Lipinski definition) is 9. The predicted molar refractivity (Wildman–Crippen MR) is 250 cm³/mol. The fraction of sp³-hybridized carbons (Fsp3) is 0.673. The standard InChI is InChI=1S/C49H79O16P/c1-3-5-7-8-9-10-11-12-13-14-15-16-17-18-19-20-21-22-24-29-42(53)62-34-37-35-63-66(60,61)65-49-47(58)45(56)39(32-31-36(50)27-23-6-4-2)41(52)33-40(51)38(44(55)46(57)48(49)59)28-25-26-30-43(54)64-37/h9-10,12-13,15-16,18-19,21-22,25-26,31-32,36-41,44-52,55-59H,3-8,11,14,17,20,23-24,27-30,33-35H2,1-2H3,(H,60,61)/b10-9-,13-12-,16-15-,19-18-,22-21-,26-25-,32-31-/t36-,37-,38-,39+,40+,41-,44-,45-,46+,47-,48-,49-/m1/s1. The molecule has 16 nitrogen and oxygen atoms in total. The molecule has 0 aromatic heterocycles. The number of rotatable bonds is 23. The van der Waals surface area contributed by atoms with Gasteiger partial charge in [-0.3, -0.25) is 18.6 Å². The average molecular weight is 955 g/mol. The molecule has 2 aliphatic rings. The van der Waals surface area contributed by atoms with Crippen LogP contribution in [-0.4, -0.2) is 132 Å². The molecule has 1 fully saturated rings. The molecule has 1 unspecified atom stereocenters. The molecule has 0 amide bonds. The Morgan fingerprint density at radius 1 is 0.758 bits per heavy atom. The first kappa shape index (κ1) is 59.0. The molecule has 0 aromatic carbocycles. The number of allylic oxidation sites excluding steroid dienone is 11. The fourth-order valence-corrected chi connectivity index (χ4v) is 8.34. The largest absolute Gasteiger partial charge is 0.472 e. The van der Waals surface area contributed by atoms with E-state index in [0.29, 0.717) is 25.7 Å². The van der Waals surface area contributed by atoms with E-state index in [4.69, 9.17) is 18.5 Å². The summed E-state index contributed by atoms with van der Waals surface area (Å²) in [5.41, 5.74) is 0. The summed E-state index contributed by atoms with van der Waals surface area (Å²) in [6.07, 6.45) is 16.8. The van der Waals surface area contributed by atoms with Gasteiger partial charge < -0.3 is 55.2 Å². The van der Waals surface area contributed by atoms with Gasteiger partial charge >= 0.3 is 19.8 Å². The smallest absolute Gasteiger partial charge is 0.462 e. The molecule has 0 spiro atoms. The number of fused-ring (bicyclic) bond motifs is 4. The van der Waals surface area contributed by atoms with E-state index in [1.807, 2.05) is 31.2 Å². The zero-order valence-electron chi connectivity index (χ0n) is 38.8. The van der Waals surface area contributed by atoms with Crippen molar-refractivity contribution in [2.24, 2.45) is 11.8 Å². The van der Waals surface area contributed by atoms with E-state index in [0.717, 1.165) is 38.5 Å². The Bertz CT molecular complexity index is 1610. The number of unbranched alkanes of at least 4 members (excludes halogenated alkanes) is 5. The summed E-state index contributed by atoms with van der Waals surface area (Å²) in [7, 11) is -5.45. The number of aliphatic hydroxyl groups is 8. The number of carbonyl (C=O) groups is 2. The number of esters is 2. The topological polar surface area (TPSA) is 270 Å². The van der Waals surface area contributed by atoms with E-state index in [9.17, 15) is 59.9 Å². The molecular formula is C49H79O16P. The van der Waals surface area contributed by atoms with Gasteiger partial charge in [-0.05, 0) is 57.8 Å². The Hall–Kier alpha value is -3.09. The van der Waals surface area contributed by atoms with Gasteiger partial charge in [0, 0.05) is 24.7 Å². The molecule has 2 bridgehead atoms. The van der Waals surface area contributed by atoms with Gasteiger partial charge in [-0.15, -0.1) is 0 Å². The third kappa shape index (κ3) is 24.3. The second-order valence-corrected chi connectivity index (χ2v) is 18.3. The van der Waals surface area contributed by atoms with E-state index in [-0.39, 0.29) is 19.3 Å². The highest BCUT2D eigenvalue weighted by atomic mass is 31.2. The van der Waals surface area contributed by atoms with Crippen LogP contribution >= 0.6 is 7.82 Å². The zero-order valence-corrected chi connectivity index (χ0v) is 39.7. The van der Waals surface area contributed by atoms with Crippen molar-refractivity contribution in [3.05, 3.63) is 85.1 Å². The maximum absolute atomic E-state index is 13.4. The van der Waals surface area contributed by atoms with Crippen LogP contribution < -0.4 is 0 Å². The molecule has 1 aliphatic heterocycles. The molecule has 376 valence electrons. The zero-order chi connectivity index (χ0) is 48.7. The number of aliphatic hydroxyl groups excluding tert-OH is 8. The highest BCUT2D eigenvalue weighted by Crippen LogP contribution is 2.47. The minimum Gasteiger partial charge on any atom is -0.462 e. The fourth-order valence-electron chi connectivity index (χ4n) is 7.36. The van der Waals surface area contributed by atoms with Crippen molar-refractivity contribution in [2.75, 3.05) is 13.2 Å². The SMILES string of the molecule is CCCCC/C=C\C/C=C\C/C=C\C/C=C\C/C=C\CCC(=O)OC[C@@H]1COP(=O)(O)O[C@H]2[C@H](O)[C@@H](O)[C@H](O)[C@H](C/C=C\CC(=O)O1)[C@@H](O)C[C@@H](O)[C@H](/C=C\[C@H](O)CCCCC)[C@@H](O)[C@H]2O. The van der Waals surface area contributed by atoms with Crippen LogP contribution in [0.25, 0.3) is 0 Å². The summed E-state index contributed by atoms with van der Waals surface area (Å²) >= 11 is 0. The molecule has 66 heavy (non-hydrogen) atoms. The maximum Gasteiger partial charge on any atom is 0.472 e. The lowest BCUT2D eigenvalue weighted by atomic mass is 9.83. The van der Waals surface area contributed by atoms with Crippen LogP contribution in [-0.2, 0) is 32.7 Å². The van der Waals surface area contributed by atoms with Crippen molar-refractivity contribution < 1.29 is 78.4 Å². The van der Waals surface area contributed by atoms with Crippen LogP contribution in [0.4, 0.5) is 0 Å². The third-order valence-electron chi connectivity index (χ3n) is 11.3. The average Bonchev–Trinajstić information content (AvgIpc) is 3.28. The summed E-state index contributed by atoms with van der Waals surface area (Å²) in [5.74, 6) is -4.36. The Labute approximate surface area is 391 Å². The predicted octanol–water partition coefficient (Wildman–Crippen LogP) is 5.66. The van der Waals surface area contributed by atoms with Gasteiger partial charge in [0.1, 0.15) is 31.0 Å². The lowest BCUT2D eigenvalue weighted by molar-refractivity contribution is -0.167. The minimum absolute atomic E-state index is 0.0271. The van der Waals surface area contributed by atoms with Crippen molar-refractivity contribution in [3.63, 3.8) is 0 Å². The van der Waals surface area contributed by atoms with E-state index in [1.54, 1.807) is 0 Å². The van der Waals surface area contributed by atoms with Gasteiger partial charge in [0.25, 0.3) is 0 Å². The van der Waals surface area contributed by atoms with E-state index in [2.05, 4.69) is 43.4 Å². The monoisotopic (exact) mass is 955 g/mol. The number of ether oxygens (including phenoxy) is 2. The quantitative estimate of drug-likeness (QED) is 0.0259. The van der Waals surface area contributed by atoms with Gasteiger partial charge in [0.05, 0.1) is 43.5 Å². The number of phosphoric ester groups is 1. The van der Waals surface area contributed by atoms with Gasteiger partial charge in [0.2, 0.25) is 0 Å². The van der Waals surface area contributed by atoms with Crippen molar-refractivity contribution >= 4 is 19.8 Å². The second kappa shape index (κ2) is 34.2. The van der Waals surface area contributed by atoms with Gasteiger partial charge in [-0.1, -0.05) is 131 Å². The molecule has 13 atom stereocenters. The molecule has 2 rings (SSSR count). The maximum atomic E-state index is 13.4. The van der Waals surface area contributed by atoms with Crippen LogP contribution in [0.5, 0.6) is 0 Å². The van der Waals surface area contributed by atoms with Crippen molar-refractivity contribution in [1.29, 1.82) is 0 Å². The van der Waals surface area contributed by atoms with Crippen LogP contribution in [0, 0.1) is 11.8 Å². The number of hydrogen-bond acceptors (Lipinski definition) is 15.